The Morgan fingerprint density at radius 1 is 1.60 bits per heavy atom. The summed E-state index contributed by atoms with van der Waals surface area (Å²) in [4.78, 5) is 13.3. The average Bonchev–Trinajstić information content (AvgIpc) is 2.23. The maximum atomic E-state index is 10.9. The molecule has 0 aromatic carbocycles. The van der Waals surface area contributed by atoms with Gasteiger partial charge in [0.15, 0.2) is 0 Å². The van der Waals surface area contributed by atoms with Crippen LogP contribution in [0.15, 0.2) is 0 Å². The fourth-order valence-corrected chi connectivity index (χ4v) is 1.80. The summed E-state index contributed by atoms with van der Waals surface area (Å²) in [5, 5.41) is 0. The summed E-state index contributed by atoms with van der Waals surface area (Å²) in [5.74, 6) is 4.91. The molecule has 0 saturated carbocycles. The summed E-state index contributed by atoms with van der Waals surface area (Å²) in [6.45, 7) is 6.89. The number of nitrogens with two attached hydrogens (primary N) is 1. The van der Waals surface area contributed by atoms with Crippen molar-refractivity contribution in [3.63, 3.8) is 0 Å². The summed E-state index contributed by atoms with van der Waals surface area (Å²) in [6, 6.07) is 0.446. The topological polar surface area (TPSA) is 67.6 Å². The van der Waals surface area contributed by atoms with Gasteiger partial charge in [-0.15, -0.1) is 0 Å². The molecule has 1 aliphatic heterocycles. The third-order valence-corrected chi connectivity index (χ3v) is 2.75. The molecule has 15 heavy (non-hydrogen) atoms. The number of hydrogen-bond donors (Lipinski definition) is 2. The quantitative estimate of drug-likeness (QED) is 0.389. The van der Waals surface area contributed by atoms with Gasteiger partial charge in [0, 0.05) is 19.0 Å². The molecule has 0 aromatic heterocycles. The third-order valence-electron chi connectivity index (χ3n) is 2.75. The molecule has 1 amide bonds. The Labute approximate surface area is 90.9 Å². The van der Waals surface area contributed by atoms with E-state index in [4.69, 9.17) is 10.6 Å². The van der Waals surface area contributed by atoms with E-state index in [1.54, 1.807) is 0 Å². The van der Waals surface area contributed by atoms with Crippen LogP contribution in [0.4, 0.5) is 0 Å². The van der Waals surface area contributed by atoms with E-state index in [2.05, 4.69) is 24.2 Å². The fourth-order valence-electron chi connectivity index (χ4n) is 1.80. The lowest BCUT2D eigenvalue weighted by molar-refractivity contribution is -0.121. The first-order chi connectivity index (χ1) is 7.13. The second-order valence-corrected chi connectivity index (χ2v) is 4.16. The van der Waals surface area contributed by atoms with E-state index in [0.29, 0.717) is 18.6 Å². The molecule has 2 unspecified atom stereocenters. The van der Waals surface area contributed by atoms with Gasteiger partial charge in [-0.1, -0.05) is 0 Å². The molecule has 5 nitrogen and oxygen atoms in total. The molecule has 3 N–H and O–H groups in total. The zero-order chi connectivity index (χ0) is 11.3. The Hall–Kier alpha value is -0.650. The summed E-state index contributed by atoms with van der Waals surface area (Å²) in [6.07, 6.45) is 1.64. The van der Waals surface area contributed by atoms with E-state index in [1.807, 2.05) is 0 Å². The van der Waals surface area contributed by atoms with Crippen molar-refractivity contribution in [2.24, 2.45) is 5.84 Å². The highest BCUT2D eigenvalue weighted by molar-refractivity contribution is 5.75. The van der Waals surface area contributed by atoms with Crippen LogP contribution in [0.2, 0.25) is 0 Å². The molecular formula is C10H21N3O2. The summed E-state index contributed by atoms with van der Waals surface area (Å²) < 4.78 is 5.53. The highest BCUT2D eigenvalue weighted by Crippen LogP contribution is 2.11. The van der Waals surface area contributed by atoms with Crippen molar-refractivity contribution >= 4 is 5.91 Å². The Morgan fingerprint density at radius 2 is 2.33 bits per heavy atom. The lowest BCUT2D eigenvalue weighted by atomic mass is 10.2. The van der Waals surface area contributed by atoms with Gasteiger partial charge in [-0.05, 0) is 26.8 Å². The zero-order valence-electron chi connectivity index (χ0n) is 9.53. The predicted molar refractivity (Wildman–Crippen MR) is 58.0 cm³/mol. The normalized spacial score (nSPS) is 27.7. The molecule has 0 aromatic rings. The van der Waals surface area contributed by atoms with Gasteiger partial charge in [0.2, 0.25) is 5.91 Å². The monoisotopic (exact) mass is 215 g/mol. The highest BCUT2D eigenvalue weighted by atomic mass is 16.5. The molecular weight excluding hydrogens is 194 g/mol. The Balaban J connectivity index is 2.21. The van der Waals surface area contributed by atoms with Gasteiger partial charge in [0.05, 0.1) is 12.7 Å². The van der Waals surface area contributed by atoms with Gasteiger partial charge >= 0.3 is 0 Å². The van der Waals surface area contributed by atoms with Crippen LogP contribution in [0.25, 0.3) is 0 Å². The van der Waals surface area contributed by atoms with Crippen LogP contribution < -0.4 is 11.3 Å². The number of rotatable bonds is 4. The Morgan fingerprint density at radius 3 is 3.00 bits per heavy atom. The second kappa shape index (κ2) is 6.05. The number of carbonyl (C=O) groups is 1. The highest BCUT2D eigenvalue weighted by Gasteiger charge is 2.22. The van der Waals surface area contributed by atoms with Gasteiger partial charge in [-0.3, -0.25) is 15.1 Å². The Kier molecular flexibility index (Phi) is 5.01. The number of hydrogen-bond acceptors (Lipinski definition) is 4. The first-order valence-corrected chi connectivity index (χ1v) is 5.48. The molecule has 0 radical (unpaired) electrons. The summed E-state index contributed by atoms with van der Waals surface area (Å²) in [5.41, 5.74) is 2.14. The molecule has 0 bridgehead atoms. The van der Waals surface area contributed by atoms with Crippen molar-refractivity contribution in [2.45, 2.75) is 38.8 Å². The molecule has 1 rings (SSSR count). The van der Waals surface area contributed by atoms with Gasteiger partial charge in [-0.2, -0.15) is 0 Å². The van der Waals surface area contributed by atoms with E-state index < -0.39 is 0 Å². The SMILES string of the molecule is CC1CN(CCCC(=O)NN)C(C)CO1. The summed E-state index contributed by atoms with van der Waals surface area (Å²) >= 11 is 0. The number of morpholine rings is 1. The minimum absolute atomic E-state index is 0.0936. The third kappa shape index (κ3) is 4.15. The van der Waals surface area contributed by atoms with E-state index in [1.165, 1.54) is 0 Å². The van der Waals surface area contributed by atoms with Crippen LogP contribution >= 0.6 is 0 Å². The number of hydrazine groups is 1. The molecule has 1 fully saturated rings. The largest absolute Gasteiger partial charge is 0.376 e. The smallest absolute Gasteiger partial charge is 0.233 e. The minimum atomic E-state index is -0.0936. The molecule has 5 heteroatoms. The van der Waals surface area contributed by atoms with Gasteiger partial charge < -0.3 is 4.74 Å². The first kappa shape index (κ1) is 12.4. The lowest BCUT2D eigenvalue weighted by Gasteiger charge is -2.36. The predicted octanol–water partition coefficient (Wildman–Crippen LogP) is -0.134. The van der Waals surface area contributed by atoms with Gasteiger partial charge in [0.25, 0.3) is 0 Å². The first-order valence-electron chi connectivity index (χ1n) is 5.48. The number of nitrogens with one attached hydrogen (secondary N) is 1. The number of carbonyl (C=O) groups excluding carboxylic acids is 1. The molecule has 2 atom stereocenters. The van der Waals surface area contributed by atoms with Gasteiger partial charge in [-0.25, -0.2) is 5.84 Å². The van der Waals surface area contributed by atoms with E-state index in [0.717, 1.165) is 26.1 Å². The zero-order valence-corrected chi connectivity index (χ0v) is 9.53. The molecule has 1 saturated heterocycles. The van der Waals surface area contributed by atoms with Crippen LogP contribution in [0, 0.1) is 0 Å². The molecule has 88 valence electrons. The van der Waals surface area contributed by atoms with E-state index >= 15 is 0 Å². The second-order valence-electron chi connectivity index (χ2n) is 4.16. The van der Waals surface area contributed by atoms with E-state index in [-0.39, 0.29) is 5.91 Å². The maximum absolute atomic E-state index is 10.9. The number of ether oxygens (including phenoxy) is 1. The maximum Gasteiger partial charge on any atom is 0.233 e. The molecule has 1 heterocycles. The van der Waals surface area contributed by atoms with E-state index in [9.17, 15) is 4.79 Å². The van der Waals surface area contributed by atoms with Crippen molar-refractivity contribution in [2.75, 3.05) is 19.7 Å². The number of nitrogens with zero attached hydrogens (tertiary/aromatic N) is 1. The van der Waals surface area contributed by atoms with Crippen molar-refractivity contribution < 1.29 is 9.53 Å². The van der Waals surface area contributed by atoms with Crippen LogP contribution in [0.3, 0.4) is 0 Å². The van der Waals surface area contributed by atoms with Crippen molar-refractivity contribution in [1.82, 2.24) is 10.3 Å². The van der Waals surface area contributed by atoms with Crippen LogP contribution in [0.1, 0.15) is 26.7 Å². The summed E-state index contributed by atoms with van der Waals surface area (Å²) in [7, 11) is 0. The van der Waals surface area contributed by atoms with Crippen LogP contribution in [-0.4, -0.2) is 42.6 Å². The minimum Gasteiger partial charge on any atom is -0.376 e. The van der Waals surface area contributed by atoms with Crippen LogP contribution in [-0.2, 0) is 9.53 Å². The molecule has 0 aliphatic carbocycles. The van der Waals surface area contributed by atoms with Crippen molar-refractivity contribution in [3.8, 4) is 0 Å². The van der Waals surface area contributed by atoms with Crippen molar-refractivity contribution in [3.05, 3.63) is 0 Å². The fraction of sp³-hybridized carbons (Fsp3) is 0.900. The number of amides is 1. The average molecular weight is 215 g/mol. The molecule has 1 aliphatic rings. The Bertz CT molecular complexity index is 211. The standard InChI is InChI=1S/C10H21N3O2/c1-8-7-15-9(2)6-13(8)5-3-4-10(14)12-11/h8-9H,3-7,11H2,1-2H3,(H,12,14). The molecule has 0 spiro atoms. The lowest BCUT2D eigenvalue weighted by Crippen LogP contribution is -2.47. The van der Waals surface area contributed by atoms with Gasteiger partial charge in [0.1, 0.15) is 0 Å². The van der Waals surface area contributed by atoms with Crippen molar-refractivity contribution in [1.29, 1.82) is 0 Å². The van der Waals surface area contributed by atoms with Crippen LogP contribution in [0.5, 0.6) is 0 Å².